The largest absolute Gasteiger partial charge is 0.416 e. The van der Waals surface area contributed by atoms with Gasteiger partial charge in [-0.2, -0.15) is 18.3 Å². The van der Waals surface area contributed by atoms with Crippen LogP contribution in [0.3, 0.4) is 0 Å². The quantitative estimate of drug-likeness (QED) is 0.548. The van der Waals surface area contributed by atoms with Crippen molar-refractivity contribution in [3.8, 4) is 16.4 Å². The molecule has 124 valence electrons. The van der Waals surface area contributed by atoms with Crippen LogP contribution in [-0.2, 0) is 6.18 Å². The zero-order chi connectivity index (χ0) is 17.5. The molecule has 0 unspecified atom stereocenters. The fraction of sp³-hybridized carbons (Fsp3) is 0.125. The first-order valence-electron chi connectivity index (χ1n) is 6.82. The lowest BCUT2D eigenvalue weighted by Gasteiger charge is -2.07. The van der Waals surface area contributed by atoms with E-state index in [4.69, 9.17) is 0 Å². The van der Waals surface area contributed by atoms with Gasteiger partial charge in [-0.1, -0.05) is 30.0 Å². The molecule has 0 atom stereocenters. The predicted molar refractivity (Wildman–Crippen MR) is 92.2 cm³/mol. The summed E-state index contributed by atoms with van der Waals surface area (Å²) in [6, 6.07) is 4.93. The molecule has 3 rings (SSSR count). The van der Waals surface area contributed by atoms with Gasteiger partial charge in [-0.25, -0.2) is 9.67 Å². The minimum absolute atomic E-state index is 0.586. The highest BCUT2D eigenvalue weighted by Crippen LogP contribution is 2.34. The van der Waals surface area contributed by atoms with E-state index in [1.165, 1.54) is 23.5 Å². The third-order valence-corrected chi connectivity index (χ3v) is 5.17. The molecule has 2 aromatic heterocycles. The summed E-state index contributed by atoms with van der Waals surface area (Å²) < 4.78 is 40.5. The fourth-order valence-corrected chi connectivity index (χ4v) is 3.25. The first-order chi connectivity index (χ1) is 11.3. The molecular formula is C16H11BrF3N3S. The summed E-state index contributed by atoms with van der Waals surface area (Å²) >= 11 is 4.76. The Balaban J connectivity index is 2.03. The third kappa shape index (κ3) is 3.16. The van der Waals surface area contributed by atoms with Gasteiger partial charge >= 0.3 is 6.18 Å². The Kier molecular flexibility index (Phi) is 4.35. The number of thiazole rings is 1. The molecule has 0 N–H and O–H groups in total. The maximum Gasteiger partial charge on any atom is 0.416 e. The van der Waals surface area contributed by atoms with Crippen molar-refractivity contribution < 1.29 is 13.2 Å². The van der Waals surface area contributed by atoms with Crippen LogP contribution in [-0.4, -0.2) is 14.8 Å². The van der Waals surface area contributed by atoms with Crippen molar-refractivity contribution >= 4 is 33.3 Å². The highest BCUT2D eigenvalue weighted by Gasteiger charge is 2.30. The number of alkyl halides is 3. The topological polar surface area (TPSA) is 30.7 Å². The average molecular weight is 414 g/mol. The second-order valence-electron chi connectivity index (χ2n) is 5.00. The number of halogens is 4. The summed E-state index contributed by atoms with van der Waals surface area (Å²) in [6.45, 7) is 5.62. The molecule has 3 nitrogen and oxygen atoms in total. The average Bonchev–Trinajstić information content (AvgIpc) is 3.10. The highest BCUT2D eigenvalue weighted by molar-refractivity contribution is 9.10. The maximum absolute atomic E-state index is 12.7. The molecule has 2 heterocycles. The second kappa shape index (κ2) is 6.18. The summed E-state index contributed by atoms with van der Waals surface area (Å²) in [6.07, 6.45) is -0.928. The molecule has 0 fully saturated rings. The van der Waals surface area contributed by atoms with E-state index in [0.717, 1.165) is 27.2 Å². The van der Waals surface area contributed by atoms with Crippen LogP contribution < -0.4 is 0 Å². The van der Waals surface area contributed by atoms with E-state index in [2.05, 4.69) is 32.6 Å². The van der Waals surface area contributed by atoms with Crippen LogP contribution in [0.4, 0.5) is 13.2 Å². The summed E-state index contributed by atoms with van der Waals surface area (Å²) in [5.41, 5.74) is 1.32. The first kappa shape index (κ1) is 16.9. The third-order valence-electron chi connectivity index (χ3n) is 3.35. The van der Waals surface area contributed by atoms with Crippen molar-refractivity contribution in [2.45, 2.75) is 13.1 Å². The van der Waals surface area contributed by atoms with Gasteiger partial charge < -0.3 is 0 Å². The SMILES string of the molecule is C=Cc1sc(-n2cc(Br)c(C)n2)nc1-c1ccc(C(F)(F)F)cc1. The molecule has 0 bridgehead atoms. The molecule has 3 aromatic rings. The Hall–Kier alpha value is -1.93. The lowest BCUT2D eigenvalue weighted by atomic mass is 10.1. The van der Waals surface area contributed by atoms with Gasteiger partial charge in [-0.3, -0.25) is 0 Å². The van der Waals surface area contributed by atoms with E-state index in [0.29, 0.717) is 16.4 Å². The molecular weight excluding hydrogens is 403 g/mol. The van der Waals surface area contributed by atoms with E-state index < -0.39 is 11.7 Å². The van der Waals surface area contributed by atoms with Crippen LogP contribution in [0.2, 0.25) is 0 Å². The van der Waals surface area contributed by atoms with E-state index >= 15 is 0 Å². The molecule has 0 spiro atoms. The highest BCUT2D eigenvalue weighted by atomic mass is 79.9. The van der Waals surface area contributed by atoms with Gasteiger partial charge in [-0.05, 0) is 41.1 Å². The zero-order valence-corrected chi connectivity index (χ0v) is 14.8. The number of hydrogen-bond donors (Lipinski definition) is 0. The normalized spacial score (nSPS) is 11.7. The Labute approximate surface area is 148 Å². The molecule has 1 aromatic carbocycles. The molecule has 0 radical (unpaired) electrons. The van der Waals surface area contributed by atoms with Gasteiger partial charge in [0.1, 0.15) is 0 Å². The molecule has 0 saturated carbocycles. The number of benzene rings is 1. The number of aryl methyl sites for hydroxylation is 1. The van der Waals surface area contributed by atoms with Crippen molar-refractivity contribution in [1.29, 1.82) is 0 Å². The smallest absolute Gasteiger partial charge is 0.218 e. The van der Waals surface area contributed by atoms with Crippen LogP contribution in [0.5, 0.6) is 0 Å². The molecule has 0 amide bonds. The van der Waals surface area contributed by atoms with Crippen LogP contribution >= 0.6 is 27.3 Å². The van der Waals surface area contributed by atoms with E-state index in [9.17, 15) is 13.2 Å². The molecule has 0 aliphatic heterocycles. The summed E-state index contributed by atoms with van der Waals surface area (Å²) in [5.74, 6) is 0. The predicted octanol–water partition coefficient (Wildman–Crippen LogP) is 5.73. The number of hydrogen-bond acceptors (Lipinski definition) is 3. The van der Waals surface area contributed by atoms with E-state index in [1.807, 2.05) is 6.92 Å². The van der Waals surface area contributed by atoms with Crippen LogP contribution in [0, 0.1) is 6.92 Å². The number of nitrogens with zero attached hydrogens (tertiary/aromatic N) is 3. The van der Waals surface area contributed by atoms with Gasteiger partial charge in [0, 0.05) is 11.8 Å². The molecule has 0 aliphatic carbocycles. The summed E-state index contributed by atoms with van der Waals surface area (Å²) in [7, 11) is 0. The zero-order valence-electron chi connectivity index (χ0n) is 12.4. The lowest BCUT2D eigenvalue weighted by Crippen LogP contribution is -2.04. The fourth-order valence-electron chi connectivity index (χ4n) is 2.12. The molecule has 24 heavy (non-hydrogen) atoms. The monoisotopic (exact) mass is 413 g/mol. The summed E-state index contributed by atoms with van der Waals surface area (Å²) in [4.78, 5) is 5.29. The standard InChI is InChI=1S/C16H11BrF3N3S/c1-3-13-14(10-4-6-11(7-5-10)16(18,19)20)21-15(24-13)23-8-12(17)9(2)22-23/h3-8H,1H2,2H3. The van der Waals surface area contributed by atoms with Crippen LogP contribution in [0.25, 0.3) is 22.5 Å². The van der Waals surface area contributed by atoms with Gasteiger partial charge in [0.15, 0.2) is 0 Å². The minimum atomic E-state index is -4.36. The van der Waals surface area contributed by atoms with Gasteiger partial charge in [-0.15, -0.1) is 0 Å². The molecule has 8 heteroatoms. The lowest BCUT2D eigenvalue weighted by molar-refractivity contribution is -0.137. The van der Waals surface area contributed by atoms with Crippen molar-refractivity contribution in [2.75, 3.05) is 0 Å². The Morgan fingerprint density at radius 2 is 1.92 bits per heavy atom. The van der Waals surface area contributed by atoms with Crippen molar-refractivity contribution in [1.82, 2.24) is 14.8 Å². The Bertz CT molecular complexity index is 875. The minimum Gasteiger partial charge on any atom is -0.218 e. The van der Waals surface area contributed by atoms with Crippen molar-refractivity contribution in [3.63, 3.8) is 0 Å². The van der Waals surface area contributed by atoms with Gasteiger partial charge in [0.05, 0.1) is 26.3 Å². The van der Waals surface area contributed by atoms with Crippen LogP contribution in [0.1, 0.15) is 16.1 Å². The number of rotatable bonds is 3. The first-order valence-corrected chi connectivity index (χ1v) is 8.43. The van der Waals surface area contributed by atoms with E-state index in [1.54, 1.807) is 17.0 Å². The molecule has 0 aliphatic rings. The van der Waals surface area contributed by atoms with Gasteiger partial charge in [0.2, 0.25) is 5.13 Å². The maximum atomic E-state index is 12.7. The van der Waals surface area contributed by atoms with Crippen LogP contribution in [0.15, 0.2) is 41.5 Å². The van der Waals surface area contributed by atoms with Gasteiger partial charge in [0.25, 0.3) is 0 Å². The summed E-state index contributed by atoms with van der Waals surface area (Å²) in [5, 5.41) is 4.96. The van der Waals surface area contributed by atoms with Crippen molar-refractivity contribution in [2.24, 2.45) is 0 Å². The number of aromatic nitrogens is 3. The van der Waals surface area contributed by atoms with E-state index in [-0.39, 0.29) is 0 Å². The van der Waals surface area contributed by atoms with Crippen molar-refractivity contribution in [3.05, 3.63) is 57.6 Å². The molecule has 0 saturated heterocycles. The Morgan fingerprint density at radius 3 is 2.42 bits per heavy atom. The second-order valence-corrected chi connectivity index (χ2v) is 6.86. The Morgan fingerprint density at radius 1 is 1.25 bits per heavy atom.